The Kier molecular flexibility index (Phi) is 7.93. The van der Waals surface area contributed by atoms with Crippen LogP contribution in [0.4, 0.5) is 0 Å². The molecule has 4 aromatic heterocycles. The summed E-state index contributed by atoms with van der Waals surface area (Å²) in [5.74, 6) is 2.51. The number of nitrogens with one attached hydrogen (secondary N) is 2. The van der Waals surface area contributed by atoms with E-state index in [1.807, 2.05) is 43.3 Å². The molecule has 208 valence electrons. The largest absolute Gasteiger partial charge is 0.490 e. The molecule has 41 heavy (non-hydrogen) atoms. The monoisotopic (exact) mass is 608 g/mol. The summed E-state index contributed by atoms with van der Waals surface area (Å²) in [5.41, 5.74) is 5.42. The summed E-state index contributed by atoms with van der Waals surface area (Å²) in [7, 11) is 0. The van der Waals surface area contributed by atoms with Gasteiger partial charge in [0.25, 0.3) is 0 Å². The van der Waals surface area contributed by atoms with Gasteiger partial charge in [-0.05, 0) is 61.0 Å². The average molecular weight is 610 g/mol. The van der Waals surface area contributed by atoms with E-state index in [1.165, 1.54) is 0 Å². The van der Waals surface area contributed by atoms with E-state index in [0.29, 0.717) is 81.5 Å². The maximum absolute atomic E-state index is 6.31. The topological polar surface area (TPSA) is 111 Å². The molecule has 0 fully saturated rings. The SMILES string of the molecule is Cc1cc(Cl)c2nc(-c3ccc(OCCOCCOc4ccc(-c5nc6c(Cl)cc(Cl)cc6[nH]5)nc4)cn3)[nH]c2c1. The van der Waals surface area contributed by atoms with E-state index in [-0.39, 0.29) is 0 Å². The second kappa shape index (κ2) is 11.9. The Hall–Kier alpha value is -3.89. The second-order valence-electron chi connectivity index (χ2n) is 9.17. The molecule has 0 aliphatic rings. The first-order valence-corrected chi connectivity index (χ1v) is 13.8. The molecule has 12 heteroatoms. The number of aromatic amines is 2. The summed E-state index contributed by atoms with van der Waals surface area (Å²) >= 11 is 18.6. The van der Waals surface area contributed by atoms with Crippen LogP contribution in [0.5, 0.6) is 11.5 Å². The predicted octanol–water partition coefficient (Wildman–Crippen LogP) is 7.31. The lowest BCUT2D eigenvalue weighted by Gasteiger charge is -2.09. The summed E-state index contributed by atoms with van der Waals surface area (Å²) in [6.45, 7) is 3.55. The maximum atomic E-state index is 6.31. The van der Waals surface area contributed by atoms with E-state index >= 15 is 0 Å². The van der Waals surface area contributed by atoms with Gasteiger partial charge in [-0.1, -0.05) is 34.8 Å². The minimum atomic E-state index is 0.372. The van der Waals surface area contributed by atoms with E-state index in [4.69, 9.17) is 49.0 Å². The van der Waals surface area contributed by atoms with Crippen molar-refractivity contribution in [3.63, 3.8) is 0 Å². The number of ether oxygens (including phenoxy) is 3. The maximum Gasteiger partial charge on any atom is 0.157 e. The summed E-state index contributed by atoms with van der Waals surface area (Å²) < 4.78 is 17.1. The standard InChI is InChI=1S/C29H23Cl3N6O3/c1-16-10-20(31)26-24(11-16)35-28(37-26)22-4-2-18(14-33-22)40-8-6-39-7-9-41-19-3-5-23(34-15-19)29-36-25-13-17(30)12-21(32)27(25)38-29/h2-5,10-15H,6-9H2,1H3,(H,35,37)(H,36,38). The number of fused-ring (bicyclic) bond motifs is 2. The number of nitrogens with zero attached hydrogens (tertiary/aromatic N) is 4. The number of benzene rings is 2. The molecular formula is C29H23Cl3N6O3. The molecule has 0 aliphatic carbocycles. The lowest BCUT2D eigenvalue weighted by Crippen LogP contribution is -2.12. The van der Waals surface area contributed by atoms with Crippen LogP contribution in [0.1, 0.15) is 5.56 Å². The molecule has 9 nitrogen and oxygen atoms in total. The highest BCUT2D eigenvalue weighted by molar-refractivity contribution is 6.38. The molecule has 0 bridgehead atoms. The number of hydrogen-bond donors (Lipinski definition) is 2. The van der Waals surface area contributed by atoms with Crippen LogP contribution in [0, 0.1) is 6.92 Å². The summed E-state index contributed by atoms with van der Waals surface area (Å²) in [5, 5.41) is 1.63. The fourth-order valence-electron chi connectivity index (χ4n) is 4.25. The zero-order chi connectivity index (χ0) is 28.3. The Bertz CT molecular complexity index is 1690. The van der Waals surface area contributed by atoms with Gasteiger partial charge in [0, 0.05) is 5.02 Å². The quantitative estimate of drug-likeness (QED) is 0.157. The lowest BCUT2D eigenvalue weighted by molar-refractivity contribution is 0.0762. The van der Waals surface area contributed by atoms with E-state index in [2.05, 4.69) is 29.9 Å². The van der Waals surface area contributed by atoms with Crippen molar-refractivity contribution in [3.05, 3.63) is 81.6 Å². The summed E-state index contributed by atoms with van der Waals surface area (Å²) in [6.07, 6.45) is 3.29. The number of aromatic nitrogens is 6. The highest BCUT2D eigenvalue weighted by Crippen LogP contribution is 2.29. The van der Waals surface area contributed by atoms with Gasteiger partial charge in [0.2, 0.25) is 0 Å². The molecule has 0 saturated carbocycles. The van der Waals surface area contributed by atoms with Crippen LogP contribution in [-0.4, -0.2) is 56.3 Å². The highest BCUT2D eigenvalue weighted by atomic mass is 35.5. The number of rotatable bonds is 10. The van der Waals surface area contributed by atoms with Crippen molar-refractivity contribution in [2.75, 3.05) is 26.4 Å². The highest BCUT2D eigenvalue weighted by Gasteiger charge is 2.12. The van der Waals surface area contributed by atoms with Crippen molar-refractivity contribution < 1.29 is 14.2 Å². The minimum absolute atomic E-state index is 0.372. The molecule has 0 atom stereocenters. The number of pyridine rings is 2. The summed E-state index contributed by atoms with van der Waals surface area (Å²) in [6, 6.07) is 14.7. The number of hydrogen-bond acceptors (Lipinski definition) is 7. The third kappa shape index (κ3) is 6.23. The van der Waals surface area contributed by atoms with Gasteiger partial charge in [-0.3, -0.25) is 0 Å². The Morgan fingerprint density at radius 1 is 0.659 bits per heavy atom. The first-order chi connectivity index (χ1) is 19.9. The van der Waals surface area contributed by atoms with Gasteiger partial charge in [-0.2, -0.15) is 0 Å². The molecule has 4 heterocycles. The molecular weight excluding hydrogens is 587 g/mol. The van der Waals surface area contributed by atoms with Crippen LogP contribution in [0.15, 0.2) is 60.9 Å². The lowest BCUT2D eigenvalue weighted by atomic mass is 10.2. The van der Waals surface area contributed by atoms with Crippen molar-refractivity contribution >= 4 is 56.9 Å². The Morgan fingerprint density at radius 2 is 1.20 bits per heavy atom. The zero-order valence-electron chi connectivity index (χ0n) is 21.7. The van der Waals surface area contributed by atoms with Crippen LogP contribution in [0.2, 0.25) is 15.1 Å². The Labute approximate surface area is 249 Å². The molecule has 0 amide bonds. The fourth-order valence-corrected chi connectivity index (χ4v) is 5.10. The van der Waals surface area contributed by atoms with Crippen LogP contribution in [-0.2, 0) is 4.74 Å². The molecule has 6 aromatic rings. The molecule has 0 unspecified atom stereocenters. The zero-order valence-corrected chi connectivity index (χ0v) is 24.0. The van der Waals surface area contributed by atoms with Gasteiger partial charge in [0.1, 0.15) is 47.1 Å². The normalized spacial score (nSPS) is 11.4. The van der Waals surface area contributed by atoms with Crippen molar-refractivity contribution in [3.8, 4) is 34.5 Å². The van der Waals surface area contributed by atoms with E-state index in [9.17, 15) is 0 Å². The van der Waals surface area contributed by atoms with Gasteiger partial charge < -0.3 is 24.2 Å². The third-order valence-electron chi connectivity index (χ3n) is 6.14. The number of aryl methyl sites for hydroxylation is 1. The predicted molar refractivity (Wildman–Crippen MR) is 160 cm³/mol. The molecule has 2 N–H and O–H groups in total. The van der Waals surface area contributed by atoms with Crippen LogP contribution >= 0.6 is 34.8 Å². The van der Waals surface area contributed by atoms with Crippen LogP contribution in [0.3, 0.4) is 0 Å². The first-order valence-electron chi connectivity index (χ1n) is 12.7. The van der Waals surface area contributed by atoms with Gasteiger partial charge in [0.15, 0.2) is 11.6 Å². The molecule has 0 aliphatic heterocycles. The van der Waals surface area contributed by atoms with Gasteiger partial charge in [-0.15, -0.1) is 0 Å². The molecule has 0 saturated heterocycles. The van der Waals surface area contributed by atoms with E-state index in [0.717, 1.165) is 22.1 Å². The van der Waals surface area contributed by atoms with E-state index < -0.39 is 0 Å². The fraction of sp³-hybridized carbons (Fsp3) is 0.172. The van der Waals surface area contributed by atoms with Gasteiger partial charge >= 0.3 is 0 Å². The van der Waals surface area contributed by atoms with Gasteiger partial charge in [0.05, 0.1) is 46.7 Å². The number of imidazole rings is 2. The Balaban J connectivity index is 0.926. The number of halogens is 3. The minimum Gasteiger partial charge on any atom is -0.490 e. The molecule has 0 radical (unpaired) electrons. The Morgan fingerprint density at radius 3 is 1.73 bits per heavy atom. The van der Waals surface area contributed by atoms with Gasteiger partial charge in [-0.25, -0.2) is 19.9 Å². The molecule has 0 spiro atoms. The average Bonchev–Trinajstić information content (AvgIpc) is 3.58. The van der Waals surface area contributed by atoms with Crippen molar-refractivity contribution in [2.24, 2.45) is 0 Å². The third-order valence-corrected chi connectivity index (χ3v) is 6.93. The molecule has 2 aromatic carbocycles. The first kappa shape index (κ1) is 27.3. The number of H-pyrrole nitrogens is 2. The summed E-state index contributed by atoms with van der Waals surface area (Å²) in [4.78, 5) is 24.4. The second-order valence-corrected chi connectivity index (χ2v) is 10.4. The smallest absolute Gasteiger partial charge is 0.157 e. The van der Waals surface area contributed by atoms with Crippen molar-refractivity contribution in [1.82, 2.24) is 29.9 Å². The van der Waals surface area contributed by atoms with E-state index in [1.54, 1.807) is 24.5 Å². The van der Waals surface area contributed by atoms with Crippen molar-refractivity contribution in [2.45, 2.75) is 6.92 Å². The van der Waals surface area contributed by atoms with Crippen molar-refractivity contribution in [1.29, 1.82) is 0 Å². The van der Waals surface area contributed by atoms with Crippen LogP contribution < -0.4 is 9.47 Å². The molecule has 6 rings (SSSR count). The van der Waals surface area contributed by atoms with Crippen LogP contribution in [0.25, 0.3) is 45.1 Å².